The van der Waals surface area contributed by atoms with E-state index in [0.29, 0.717) is 11.5 Å². The maximum absolute atomic E-state index is 10.8. The van der Waals surface area contributed by atoms with Crippen LogP contribution in [0.3, 0.4) is 0 Å². The van der Waals surface area contributed by atoms with Crippen molar-refractivity contribution in [3.05, 3.63) is 23.3 Å². The summed E-state index contributed by atoms with van der Waals surface area (Å²) in [6.45, 7) is 8.96. The molecule has 0 saturated carbocycles. The molecule has 234 valence electrons. The first-order valence-electron chi connectivity index (χ1n) is 18.1. The second-order valence-electron chi connectivity index (χ2n) is 13.1. The first-order valence-corrected chi connectivity index (χ1v) is 18.1. The summed E-state index contributed by atoms with van der Waals surface area (Å²) in [4.78, 5) is 0. The Morgan fingerprint density at radius 2 is 0.625 bits per heavy atom. The average Bonchev–Trinajstić information content (AvgIpc) is 2.95. The van der Waals surface area contributed by atoms with E-state index < -0.39 is 0 Å². The van der Waals surface area contributed by atoms with Gasteiger partial charge in [0.1, 0.15) is 11.5 Å². The molecule has 0 aliphatic rings. The Morgan fingerprint density at radius 1 is 0.400 bits per heavy atom. The molecule has 2 N–H and O–H groups in total. The Hall–Kier alpha value is -1.18. The smallest absolute Gasteiger partial charge is 0.119 e. The third-order valence-electron chi connectivity index (χ3n) is 9.22. The number of hydrogen-bond donors (Lipinski definition) is 2. The van der Waals surface area contributed by atoms with Crippen LogP contribution in [0.15, 0.2) is 12.1 Å². The second kappa shape index (κ2) is 25.5. The molecule has 2 atom stereocenters. The molecule has 0 radical (unpaired) electrons. The van der Waals surface area contributed by atoms with Crippen molar-refractivity contribution in [3.63, 3.8) is 0 Å². The van der Waals surface area contributed by atoms with Crippen LogP contribution in [0.2, 0.25) is 0 Å². The molecule has 0 saturated heterocycles. The summed E-state index contributed by atoms with van der Waals surface area (Å²) in [5.41, 5.74) is 1.84. The Bertz CT molecular complexity index is 637. The van der Waals surface area contributed by atoms with Crippen molar-refractivity contribution in [2.45, 2.75) is 206 Å². The second-order valence-corrected chi connectivity index (χ2v) is 13.1. The maximum Gasteiger partial charge on any atom is 0.119 e. The molecule has 0 bridgehead atoms. The van der Waals surface area contributed by atoms with Gasteiger partial charge in [-0.25, -0.2) is 0 Å². The summed E-state index contributed by atoms with van der Waals surface area (Å²) in [6, 6.07) is 3.71. The molecule has 0 amide bonds. The van der Waals surface area contributed by atoms with Crippen LogP contribution < -0.4 is 0 Å². The zero-order valence-electron chi connectivity index (χ0n) is 27.6. The highest BCUT2D eigenvalue weighted by Crippen LogP contribution is 2.39. The van der Waals surface area contributed by atoms with Gasteiger partial charge in [-0.2, -0.15) is 0 Å². The van der Waals surface area contributed by atoms with Crippen LogP contribution in [0.5, 0.6) is 11.5 Å². The Labute approximate surface area is 251 Å². The average molecular weight is 559 g/mol. The van der Waals surface area contributed by atoms with Gasteiger partial charge in [0.25, 0.3) is 0 Å². The summed E-state index contributed by atoms with van der Waals surface area (Å²) < 4.78 is 0. The summed E-state index contributed by atoms with van der Waals surface area (Å²) in [5, 5.41) is 21.6. The number of benzene rings is 1. The lowest BCUT2D eigenvalue weighted by Crippen LogP contribution is -1.99. The molecule has 0 aromatic heterocycles. The number of unbranched alkanes of at least 4 members (excludes halogenated alkanes) is 22. The number of phenolic OH excluding ortho intramolecular Hbond substituents is 2. The predicted octanol–water partition coefficient (Wildman–Crippen LogP) is 13.5. The minimum absolute atomic E-state index is 0.287. The Morgan fingerprint density at radius 3 is 0.875 bits per heavy atom. The molecule has 0 heterocycles. The van der Waals surface area contributed by atoms with E-state index in [1.807, 2.05) is 12.1 Å². The molecular weight excluding hydrogens is 488 g/mol. The van der Waals surface area contributed by atoms with Crippen LogP contribution in [0.4, 0.5) is 0 Å². The van der Waals surface area contributed by atoms with Gasteiger partial charge < -0.3 is 10.2 Å². The predicted molar refractivity (Wildman–Crippen MR) is 178 cm³/mol. The largest absolute Gasteiger partial charge is 0.508 e. The van der Waals surface area contributed by atoms with E-state index in [2.05, 4.69) is 27.7 Å². The van der Waals surface area contributed by atoms with Crippen LogP contribution in [-0.4, -0.2) is 10.2 Å². The molecule has 2 unspecified atom stereocenters. The highest BCUT2D eigenvalue weighted by atomic mass is 16.3. The van der Waals surface area contributed by atoms with Gasteiger partial charge >= 0.3 is 0 Å². The minimum atomic E-state index is 0.287. The van der Waals surface area contributed by atoms with E-state index in [4.69, 9.17) is 0 Å². The highest BCUT2D eigenvalue weighted by Gasteiger charge is 2.17. The molecule has 0 aliphatic heterocycles. The molecule has 40 heavy (non-hydrogen) atoms. The van der Waals surface area contributed by atoms with Crippen molar-refractivity contribution >= 4 is 0 Å². The van der Waals surface area contributed by atoms with Crippen LogP contribution in [0, 0.1) is 0 Å². The van der Waals surface area contributed by atoms with Gasteiger partial charge in [0, 0.05) is 11.1 Å². The molecule has 2 heteroatoms. The molecule has 1 rings (SSSR count). The number of phenols is 2. The van der Waals surface area contributed by atoms with Crippen molar-refractivity contribution < 1.29 is 10.2 Å². The van der Waals surface area contributed by atoms with Crippen molar-refractivity contribution in [1.82, 2.24) is 0 Å². The third-order valence-corrected chi connectivity index (χ3v) is 9.22. The molecule has 1 aromatic rings. The first kappa shape index (κ1) is 36.8. The number of rotatable bonds is 28. The van der Waals surface area contributed by atoms with E-state index in [0.717, 1.165) is 24.0 Å². The minimum Gasteiger partial charge on any atom is -0.508 e. The molecule has 1 aromatic carbocycles. The molecule has 2 nitrogen and oxygen atoms in total. The monoisotopic (exact) mass is 559 g/mol. The lowest BCUT2D eigenvalue weighted by atomic mass is 9.88. The zero-order chi connectivity index (χ0) is 29.3. The van der Waals surface area contributed by atoms with Gasteiger partial charge in [0.2, 0.25) is 0 Å². The highest BCUT2D eigenvalue weighted by molar-refractivity contribution is 5.47. The van der Waals surface area contributed by atoms with Crippen molar-refractivity contribution in [1.29, 1.82) is 0 Å². The lowest BCUT2D eigenvalue weighted by Gasteiger charge is -2.19. The first-order chi connectivity index (χ1) is 19.5. The quantitative estimate of drug-likeness (QED) is 0.0793. The van der Waals surface area contributed by atoms with Gasteiger partial charge in [-0.05, 0) is 36.8 Å². The number of hydrogen-bond acceptors (Lipinski definition) is 2. The third kappa shape index (κ3) is 18.3. The SMILES string of the molecule is CCCCCCCCCCCCCCC(C)c1cc(O)c(C(C)CCCCCCCCCCCCCC)cc1O. The standard InChI is InChI=1S/C38H70O2/c1-5-7-9-11-13-15-17-19-21-23-25-27-29-33(3)35-31-38(40)36(32-37(35)39)34(4)30-28-26-24-22-20-18-16-14-12-10-8-6-2/h31-34,39-40H,5-30H2,1-4H3. The van der Waals surface area contributed by atoms with E-state index in [1.54, 1.807) is 0 Å². The molecule has 0 spiro atoms. The van der Waals surface area contributed by atoms with Crippen molar-refractivity contribution in [2.75, 3.05) is 0 Å². The van der Waals surface area contributed by atoms with Gasteiger partial charge in [0.05, 0.1) is 0 Å². The van der Waals surface area contributed by atoms with Crippen molar-refractivity contribution in [3.8, 4) is 11.5 Å². The molecule has 0 aliphatic carbocycles. The Balaban J connectivity index is 2.17. The van der Waals surface area contributed by atoms with Gasteiger partial charge in [0.15, 0.2) is 0 Å². The summed E-state index contributed by atoms with van der Waals surface area (Å²) in [6.07, 6.45) is 34.9. The van der Waals surface area contributed by atoms with Crippen LogP contribution >= 0.6 is 0 Å². The fourth-order valence-electron chi connectivity index (χ4n) is 6.29. The van der Waals surface area contributed by atoms with E-state index in [1.165, 1.54) is 154 Å². The topological polar surface area (TPSA) is 40.5 Å². The van der Waals surface area contributed by atoms with E-state index in [-0.39, 0.29) is 11.8 Å². The fraction of sp³-hybridized carbons (Fsp3) is 0.842. The number of aromatic hydroxyl groups is 2. The van der Waals surface area contributed by atoms with Crippen molar-refractivity contribution in [2.24, 2.45) is 0 Å². The summed E-state index contributed by atoms with van der Waals surface area (Å²) in [7, 11) is 0. The van der Waals surface area contributed by atoms with Crippen LogP contribution in [0.25, 0.3) is 0 Å². The van der Waals surface area contributed by atoms with Gasteiger partial charge in [-0.1, -0.05) is 182 Å². The molecule has 0 fully saturated rings. The van der Waals surface area contributed by atoms with Gasteiger partial charge in [-0.3, -0.25) is 0 Å². The van der Waals surface area contributed by atoms with Crippen LogP contribution in [0.1, 0.15) is 218 Å². The molecular formula is C38H70O2. The van der Waals surface area contributed by atoms with Gasteiger partial charge in [-0.15, -0.1) is 0 Å². The van der Waals surface area contributed by atoms with E-state index in [9.17, 15) is 10.2 Å². The zero-order valence-corrected chi connectivity index (χ0v) is 27.6. The normalized spacial score (nSPS) is 13.1. The van der Waals surface area contributed by atoms with Crippen LogP contribution in [-0.2, 0) is 0 Å². The summed E-state index contributed by atoms with van der Waals surface area (Å²) >= 11 is 0. The Kier molecular flexibility index (Phi) is 23.5. The fourth-order valence-corrected chi connectivity index (χ4v) is 6.29. The van der Waals surface area contributed by atoms with E-state index >= 15 is 0 Å². The lowest BCUT2D eigenvalue weighted by molar-refractivity contribution is 0.433. The summed E-state index contributed by atoms with van der Waals surface area (Å²) in [5.74, 6) is 1.32. The maximum atomic E-state index is 10.8.